The number of aromatic nitrogens is 1. The molecule has 1 aromatic heterocycles. The second-order valence-corrected chi connectivity index (χ2v) is 5.72. The third-order valence-electron chi connectivity index (χ3n) is 2.88. The number of halogens is 1. The van der Waals surface area contributed by atoms with Gasteiger partial charge in [0.25, 0.3) is 0 Å². The van der Waals surface area contributed by atoms with Crippen molar-refractivity contribution in [1.29, 1.82) is 0 Å². The molecule has 1 aromatic rings. The summed E-state index contributed by atoms with van der Waals surface area (Å²) in [5.41, 5.74) is 1.28. The van der Waals surface area contributed by atoms with E-state index in [2.05, 4.69) is 65.7 Å². The highest BCUT2D eigenvalue weighted by molar-refractivity contribution is 14.0. The van der Waals surface area contributed by atoms with E-state index in [1.807, 2.05) is 17.8 Å². The Labute approximate surface area is 150 Å². The van der Waals surface area contributed by atoms with E-state index >= 15 is 0 Å². The minimum atomic E-state index is 0. The van der Waals surface area contributed by atoms with Crippen LogP contribution >= 0.6 is 35.7 Å². The predicted molar refractivity (Wildman–Crippen MR) is 106 cm³/mol. The number of nitrogens with zero attached hydrogens (tertiary/aromatic N) is 3. The molecule has 120 valence electrons. The van der Waals surface area contributed by atoms with Gasteiger partial charge in [0.15, 0.2) is 5.96 Å². The first-order valence-corrected chi connectivity index (χ1v) is 8.12. The topological polar surface area (TPSA) is 32.6 Å². The van der Waals surface area contributed by atoms with Crippen LogP contribution in [0.15, 0.2) is 36.0 Å². The molecule has 21 heavy (non-hydrogen) atoms. The van der Waals surface area contributed by atoms with E-state index in [-0.39, 0.29) is 24.0 Å². The van der Waals surface area contributed by atoms with Gasteiger partial charge in [-0.25, -0.2) is 0 Å². The van der Waals surface area contributed by atoms with Gasteiger partial charge < -0.3 is 14.8 Å². The van der Waals surface area contributed by atoms with Gasteiger partial charge in [0, 0.05) is 44.0 Å². The van der Waals surface area contributed by atoms with Crippen LogP contribution in [-0.4, -0.2) is 47.1 Å². The van der Waals surface area contributed by atoms with Crippen LogP contribution in [0, 0.1) is 0 Å². The van der Waals surface area contributed by atoms with Crippen LogP contribution in [0.4, 0.5) is 0 Å². The molecule has 0 bridgehead atoms. The first kappa shape index (κ1) is 20.4. The molecular formula is C15H27IN4S. The fourth-order valence-electron chi connectivity index (χ4n) is 1.83. The minimum absolute atomic E-state index is 0. The maximum absolute atomic E-state index is 4.66. The molecule has 0 atom stereocenters. The number of hydrogen-bond donors (Lipinski definition) is 1. The lowest BCUT2D eigenvalue weighted by atomic mass is 10.4. The normalized spacial score (nSPS) is 10.9. The maximum Gasteiger partial charge on any atom is 0.194 e. The average molecular weight is 422 g/mol. The fraction of sp³-hybridized carbons (Fsp3) is 0.533. The number of thioether (sulfide) groups is 1. The molecule has 0 fully saturated rings. The average Bonchev–Trinajstić information content (AvgIpc) is 2.83. The summed E-state index contributed by atoms with van der Waals surface area (Å²) >= 11 is 1.86. The van der Waals surface area contributed by atoms with Crippen LogP contribution in [0.5, 0.6) is 0 Å². The highest BCUT2D eigenvalue weighted by atomic mass is 127. The number of guanidine groups is 1. The molecule has 0 aromatic carbocycles. The van der Waals surface area contributed by atoms with Crippen molar-refractivity contribution >= 4 is 41.7 Å². The Morgan fingerprint density at radius 3 is 2.90 bits per heavy atom. The van der Waals surface area contributed by atoms with E-state index < -0.39 is 0 Å². The zero-order chi connectivity index (χ0) is 14.8. The highest BCUT2D eigenvalue weighted by Crippen LogP contribution is 2.04. The standard InChI is InChI=1S/C15H26N4S.HI/c1-5-11-20-12-9-17-15(16-6-2)19(4)13-14-8-7-10-18(14)3;/h5,7-8,10H,1,6,9,11-13H2,2-4H3,(H,16,17);1H. The molecule has 0 spiro atoms. The molecule has 0 unspecified atom stereocenters. The monoisotopic (exact) mass is 422 g/mol. The second kappa shape index (κ2) is 12.0. The van der Waals surface area contributed by atoms with Crippen molar-refractivity contribution < 1.29 is 0 Å². The first-order chi connectivity index (χ1) is 9.69. The smallest absolute Gasteiger partial charge is 0.194 e. The molecular weight excluding hydrogens is 395 g/mol. The van der Waals surface area contributed by atoms with Crippen molar-refractivity contribution in [2.45, 2.75) is 13.5 Å². The van der Waals surface area contributed by atoms with Gasteiger partial charge >= 0.3 is 0 Å². The summed E-state index contributed by atoms with van der Waals surface area (Å²) in [6.07, 6.45) is 4.00. The van der Waals surface area contributed by atoms with Crippen LogP contribution < -0.4 is 5.32 Å². The van der Waals surface area contributed by atoms with E-state index in [0.29, 0.717) is 0 Å². The Hall–Kier alpha value is -0.630. The van der Waals surface area contributed by atoms with Crippen molar-refractivity contribution in [3.63, 3.8) is 0 Å². The van der Waals surface area contributed by atoms with Gasteiger partial charge in [-0.2, -0.15) is 11.8 Å². The number of rotatable bonds is 8. The van der Waals surface area contributed by atoms with Crippen LogP contribution in [0.1, 0.15) is 12.6 Å². The molecule has 6 heteroatoms. The first-order valence-electron chi connectivity index (χ1n) is 6.97. The fourth-order valence-corrected chi connectivity index (χ4v) is 2.38. The van der Waals surface area contributed by atoms with Crippen molar-refractivity contribution in [2.24, 2.45) is 12.0 Å². The summed E-state index contributed by atoms with van der Waals surface area (Å²) in [4.78, 5) is 6.83. The van der Waals surface area contributed by atoms with Gasteiger partial charge in [0.2, 0.25) is 0 Å². The largest absolute Gasteiger partial charge is 0.357 e. The molecule has 0 saturated heterocycles. The molecule has 0 aliphatic carbocycles. The maximum atomic E-state index is 4.66. The summed E-state index contributed by atoms with van der Waals surface area (Å²) in [5.74, 6) is 2.98. The summed E-state index contributed by atoms with van der Waals surface area (Å²) in [5, 5.41) is 3.34. The third kappa shape index (κ3) is 7.80. The molecule has 0 aliphatic heterocycles. The van der Waals surface area contributed by atoms with Crippen LogP contribution in [-0.2, 0) is 13.6 Å². The molecule has 1 rings (SSSR count). The van der Waals surface area contributed by atoms with Gasteiger partial charge in [-0.1, -0.05) is 6.08 Å². The Morgan fingerprint density at radius 2 is 2.33 bits per heavy atom. The number of aryl methyl sites for hydroxylation is 1. The Bertz CT molecular complexity index is 431. The zero-order valence-electron chi connectivity index (χ0n) is 13.2. The molecule has 0 aliphatic rings. The molecule has 1 heterocycles. The van der Waals surface area contributed by atoms with Crippen LogP contribution in [0.3, 0.4) is 0 Å². The lowest BCUT2D eigenvalue weighted by Crippen LogP contribution is -2.39. The van der Waals surface area contributed by atoms with Crippen LogP contribution in [0.25, 0.3) is 0 Å². The Balaban J connectivity index is 0.00000400. The second-order valence-electron chi connectivity index (χ2n) is 4.57. The molecule has 1 N–H and O–H groups in total. The predicted octanol–water partition coefficient (Wildman–Crippen LogP) is 2.96. The van der Waals surface area contributed by atoms with E-state index in [0.717, 1.165) is 37.1 Å². The molecule has 0 amide bonds. The quantitative estimate of drug-likeness (QED) is 0.230. The number of hydrogen-bond acceptors (Lipinski definition) is 2. The summed E-state index contributed by atoms with van der Waals surface area (Å²) in [6, 6.07) is 4.21. The van der Waals surface area contributed by atoms with Gasteiger partial charge in [-0.15, -0.1) is 30.6 Å². The molecule has 0 saturated carbocycles. The van der Waals surface area contributed by atoms with Gasteiger partial charge in [-0.3, -0.25) is 4.99 Å². The van der Waals surface area contributed by atoms with E-state index in [4.69, 9.17) is 0 Å². The zero-order valence-corrected chi connectivity index (χ0v) is 16.4. The van der Waals surface area contributed by atoms with Gasteiger partial charge in [-0.05, 0) is 19.1 Å². The van der Waals surface area contributed by atoms with Crippen molar-refractivity contribution in [1.82, 2.24) is 14.8 Å². The molecule has 0 radical (unpaired) electrons. The number of nitrogens with one attached hydrogen (secondary N) is 1. The SMILES string of the molecule is C=CCSCCN=C(NCC)N(C)Cc1cccn1C.I. The van der Waals surface area contributed by atoms with E-state index in [1.165, 1.54) is 5.69 Å². The minimum Gasteiger partial charge on any atom is -0.357 e. The summed E-state index contributed by atoms with van der Waals surface area (Å²) < 4.78 is 2.14. The summed E-state index contributed by atoms with van der Waals surface area (Å²) in [7, 11) is 4.14. The van der Waals surface area contributed by atoms with E-state index in [9.17, 15) is 0 Å². The van der Waals surface area contributed by atoms with Crippen molar-refractivity contribution in [3.8, 4) is 0 Å². The Morgan fingerprint density at radius 1 is 1.57 bits per heavy atom. The Kier molecular flexibility index (Phi) is 11.6. The van der Waals surface area contributed by atoms with Crippen molar-refractivity contribution in [2.75, 3.05) is 31.6 Å². The number of aliphatic imine (C=N–C) groups is 1. The lowest BCUT2D eigenvalue weighted by molar-refractivity contribution is 0.462. The van der Waals surface area contributed by atoms with Crippen molar-refractivity contribution in [3.05, 3.63) is 36.7 Å². The third-order valence-corrected chi connectivity index (χ3v) is 3.82. The van der Waals surface area contributed by atoms with Gasteiger partial charge in [0.05, 0.1) is 13.1 Å². The molecule has 4 nitrogen and oxygen atoms in total. The van der Waals surface area contributed by atoms with Gasteiger partial charge in [0.1, 0.15) is 0 Å². The van der Waals surface area contributed by atoms with E-state index in [1.54, 1.807) is 0 Å². The lowest BCUT2D eigenvalue weighted by Gasteiger charge is -2.22. The van der Waals surface area contributed by atoms with Crippen LogP contribution in [0.2, 0.25) is 0 Å². The highest BCUT2D eigenvalue weighted by Gasteiger charge is 2.07. The summed E-state index contributed by atoms with van der Waals surface area (Å²) in [6.45, 7) is 8.39.